The van der Waals surface area contributed by atoms with Crippen molar-refractivity contribution < 1.29 is 0 Å². The van der Waals surface area contributed by atoms with E-state index >= 15 is 0 Å². The van der Waals surface area contributed by atoms with Crippen molar-refractivity contribution in [1.29, 1.82) is 0 Å². The van der Waals surface area contributed by atoms with Crippen molar-refractivity contribution in [2.24, 2.45) is 4.99 Å². The van der Waals surface area contributed by atoms with Crippen molar-refractivity contribution in [2.45, 2.75) is 13.3 Å². The fourth-order valence-electron chi connectivity index (χ4n) is 0.158. The van der Waals surface area contributed by atoms with Gasteiger partial charge in [0.2, 0.25) is 0 Å². The van der Waals surface area contributed by atoms with Gasteiger partial charge in [-0.15, -0.1) is 0 Å². The van der Waals surface area contributed by atoms with Crippen LogP contribution in [0.5, 0.6) is 0 Å². The van der Waals surface area contributed by atoms with Gasteiger partial charge in [0.1, 0.15) is 0 Å². The zero-order chi connectivity index (χ0) is 4.99. The Hall–Kier alpha value is -0.330. The lowest BCUT2D eigenvalue weighted by atomic mass is 10.3. The van der Waals surface area contributed by atoms with Crippen LogP contribution in [0.3, 0.4) is 0 Å². The van der Waals surface area contributed by atoms with Gasteiger partial charge in [0.05, 0.1) is 0 Å². The Balaban J connectivity index is 3.22. The van der Waals surface area contributed by atoms with Gasteiger partial charge in [-0.05, 0) is 13.3 Å². The fourth-order valence-corrected chi connectivity index (χ4v) is 0.158. The Labute approximate surface area is 39.1 Å². The molecule has 0 bridgehead atoms. The maximum Gasteiger partial charge on any atom is 0.0276 e. The lowest BCUT2D eigenvalue weighted by molar-refractivity contribution is 1.26. The Bertz CT molecular complexity index is 55.0. The molecule has 0 aromatic carbocycles. The molecule has 0 spiro atoms. The number of nitrogens with zero attached hydrogens (tertiary/aromatic N) is 1. The minimum Gasteiger partial charge on any atom is -0.297 e. The van der Waals surface area contributed by atoms with Crippen molar-refractivity contribution in [3.8, 4) is 0 Å². The van der Waals surface area contributed by atoms with E-state index in [9.17, 15) is 0 Å². The van der Waals surface area contributed by atoms with Gasteiger partial charge in [-0.1, -0.05) is 6.92 Å². The van der Waals surface area contributed by atoms with E-state index in [-0.39, 0.29) is 0 Å². The topological polar surface area (TPSA) is 12.4 Å². The molecule has 35 valence electrons. The third-order valence-electron chi connectivity index (χ3n) is 0.724. The molecule has 0 saturated carbocycles. The number of rotatable bonds is 1. The highest BCUT2D eigenvalue weighted by molar-refractivity contribution is 5.87. The van der Waals surface area contributed by atoms with E-state index in [1.54, 1.807) is 7.05 Å². The summed E-state index contributed by atoms with van der Waals surface area (Å²) >= 11 is 0. The van der Waals surface area contributed by atoms with Crippen LogP contribution in [-0.4, -0.2) is 12.8 Å². The molecule has 0 fully saturated rings. The van der Waals surface area contributed by atoms with Gasteiger partial charge in [-0.3, -0.25) is 4.99 Å². The number of aliphatic imine (C=N–C) groups is 1. The SMILES string of the molecule is [CH2]C(CC)=NC. The second-order valence-electron chi connectivity index (χ2n) is 1.14. The molecule has 0 N–H and O–H groups in total. The van der Waals surface area contributed by atoms with Gasteiger partial charge >= 0.3 is 0 Å². The first-order valence-electron chi connectivity index (χ1n) is 2.09. The summed E-state index contributed by atoms with van der Waals surface area (Å²) in [6, 6.07) is 0. The van der Waals surface area contributed by atoms with Crippen molar-refractivity contribution in [1.82, 2.24) is 0 Å². The number of hydrogen-bond acceptors (Lipinski definition) is 1. The Morgan fingerprint density at radius 3 is 2.33 bits per heavy atom. The largest absolute Gasteiger partial charge is 0.297 e. The van der Waals surface area contributed by atoms with E-state index in [1.165, 1.54) is 0 Å². The first-order chi connectivity index (χ1) is 2.81. The number of hydrogen-bond donors (Lipinski definition) is 0. The van der Waals surface area contributed by atoms with E-state index in [0.29, 0.717) is 0 Å². The minimum atomic E-state index is 0.968. The molecule has 0 aliphatic rings. The van der Waals surface area contributed by atoms with E-state index < -0.39 is 0 Å². The third-order valence-corrected chi connectivity index (χ3v) is 0.724. The highest BCUT2D eigenvalue weighted by atomic mass is 14.7. The van der Waals surface area contributed by atoms with Crippen LogP contribution < -0.4 is 0 Å². The molecule has 0 rings (SSSR count). The maximum absolute atomic E-state index is 3.81. The lowest BCUT2D eigenvalue weighted by Crippen LogP contribution is -1.83. The molecule has 0 aliphatic heterocycles. The van der Waals surface area contributed by atoms with Crippen molar-refractivity contribution in [2.75, 3.05) is 7.05 Å². The molecule has 0 heterocycles. The highest BCUT2D eigenvalue weighted by Crippen LogP contribution is 1.77. The van der Waals surface area contributed by atoms with Crippen molar-refractivity contribution in [3.63, 3.8) is 0 Å². The normalized spacial score (nSPS) is 12.2. The summed E-state index contributed by atoms with van der Waals surface area (Å²) in [5, 5.41) is 0. The molecule has 0 unspecified atom stereocenters. The van der Waals surface area contributed by atoms with Crippen molar-refractivity contribution >= 4 is 5.71 Å². The summed E-state index contributed by atoms with van der Waals surface area (Å²) in [6.07, 6.45) is 0.969. The lowest BCUT2D eigenvalue weighted by Gasteiger charge is -1.83. The summed E-state index contributed by atoms with van der Waals surface area (Å²) in [5.74, 6) is 0. The van der Waals surface area contributed by atoms with Crippen LogP contribution >= 0.6 is 0 Å². The predicted octanol–water partition coefficient (Wildman–Crippen LogP) is 1.30. The molecule has 1 nitrogen and oxygen atoms in total. The molecular formula is C5H10N. The van der Waals surface area contributed by atoms with Gasteiger partial charge in [-0.2, -0.15) is 0 Å². The Kier molecular flexibility index (Phi) is 2.73. The molecule has 0 amide bonds. The summed E-state index contributed by atoms with van der Waals surface area (Å²) in [5.41, 5.74) is 0.968. The maximum atomic E-state index is 3.81. The molecule has 1 radical (unpaired) electrons. The molecule has 0 aliphatic carbocycles. The first kappa shape index (κ1) is 5.67. The van der Waals surface area contributed by atoms with Gasteiger partial charge in [0.25, 0.3) is 0 Å². The zero-order valence-corrected chi connectivity index (χ0v) is 4.36. The molecule has 0 saturated heterocycles. The van der Waals surface area contributed by atoms with Crippen LogP contribution in [0.25, 0.3) is 0 Å². The molecule has 0 aromatic rings. The fraction of sp³-hybridized carbons (Fsp3) is 0.600. The summed E-state index contributed by atoms with van der Waals surface area (Å²) < 4.78 is 0. The summed E-state index contributed by atoms with van der Waals surface area (Å²) in [6.45, 7) is 5.66. The Morgan fingerprint density at radius 2 is 2.33 bits per heavy atom. The second kappa shape index (κ2) is 2.88. The second-order valence-corrected chi connectivity index (χ2v) is 1.14. The van der Waals surface area contributed by atoms with Crippen LogP contribution in [0.4, 0.5) is 0 Å². The zero-order valence-electron chi connectivity index (χ0n) is 4.36. The molecule has 6 heavy (non-hydrogen) atoms. The standard InChI is InChI=1S/C5H10N/c1-4-5(2)6-3/h2,4H2,1,3H3. The molecule has 1 heteroatoms. The summed E-state index contributed by atoms with van der Waals surface area (Å²) in [7, 11) is 1.76. The monoisotopic (exact) mass is 84.1 g/mol. The van der Waals surface area contributed by atoms with Crippen LogP contribution in [0.2, 0.25) is 0 Å². The molecule has 0 atom stereocenters. The van der Waals surface area contributed by atoms with Gasteiger partial charge in [-0.25, -0.2) is 0 Å². The average molecular weight is 84.1 g/mol. The van der Waals surface area contributed by atoms with Gasteiger partial charge in [0, 0.05) is 12.8 Å². The predicted molar refractivity (Wildman–Crippen MR) is 29.0 cm³/mol. The third kappa shape index (κ3) is 1.94. The van der Waals surface area contributed by atoms with Crippen LogP contribution in [0.15, 0.2) is 4.99 Å². The van der Waals surface area contributed by atoms with E-state index in [2.05, 4.69) is 11.9 Å². The average Bonchev–Trinajstić information content (AvgIpc) is 1.65. The highest BCUT2D eigenvalue weighted by Gasteiger charge is 1.75. The van der Waals surface area contributed by atoms with E-state index in [4.69, 9.17) is 0 Å². The van der Waals surface area contributed by atoms with E-state index in [1.807, 2.05) is 6.92 Å². The summed E-state index contributed by atoms with van der Waals surface area (Å²) in [4.78, 5) is 3.81. The van der Waals surface area contributed by atoms with Crippen LogP contribution in [-0.2, 0) is 0 Å². The van der Waals surface area contributed by atoms with Crippen molar-refractivity contribution in [3.05, 3.63) is 6.92 Å². The van der Waals surface area contributed by atoms with Gasteiger partial charge < -0.3 is 0 Å². The molecule has 0 aromatic heterocycles. The van der Waals surface area contributed by atoms with Gasteiger partial charge in [0.15, 0.2) is 0 Å². The quantitative estimate of drug-likeness (QED) is 0.425. The van der Waals surface area contributed by atoms with E-state index in [0.717, 1.165) is 12.1 Å². The van der Waals surface area contributed by atoms with Crippen LogP contribution in [0, 0.1) is 6.92 Å². The first-order valence-corrected chi connectivity index (χ1v) is 2.09. The Morgan fingerprint density at radius 1 is 1.83 bits per heavy atom. The smallest absolute Gasteiger partial charge is 0.0276 e. The van der Waals surface area contributed by atoms with Crippen LogP contribution in [0.1, 0.15) is 13.3 Å². The minimum absolute atomic E-state index is 0.968. The molecular weight excluding hydrogens is 74.1 g/mol.